The van der Waals surface area contributed by atoms with Crippen molar-refractivity contribution in [3.05, 3.63) is 0 Å². The summed E-state index contributed by atoms with van der Waals surface area (Å²) < 4.78 is 260. The van der Waals surface area contributed by atoms with Crippen LogP contribution in [-0.2, 0) is 0 Å². The molecule has 1 nitrogen and oxygen atoms in total. The van der Waals surface area contributed by atoms with Gasteiger partial charge in [-0.3, -0.25) is 0 Å². The minimum atomic E-state index is -5.12. The molecule has 0 radical (unpaired) electrons. The largest absolute Gasteiger partial charge is 0.330 e. The van der Waals surface area contributed by atoms with Gasteiger partial charge in [0.25, 0.3) is 0 Å². The molecule has 0 saturated carbocycles. The molecule has 17 heavy (non-hydrogen) atoms. The van der Waals surface area contributed by atoms with Gasteiger partial charge in [0.05, 0.1) is 0 Å². The highest BCUT2D eigenvalue weighted by Crippen LogP contribution is 2.12. The van der Waals surface area contributed by atoms with Crippen molar-refractivity contribution in [1.82, 2.24) is 0 Å². The third kappa shape index (κ3) is 16.0. The van der Waals surface area contributed by atoms with E-state index in [4.69, 9.17) is 51.0 Å². The van der Waals surface area contributed by atoms with Crippen LogP contribution in [0.1, 0.15) is 141 Å². The monoisotopic (exact) mass is 274 g/mol. The lowest BCUT2D eigenvalue weighted by Crippen LogP contribution is -1.97. The fourth-order valence-electron chi connectivity index (χ4n) is 0.411. The number of hydrogen-bond acceptors (Lipinski definition) is 1. The van der Waals surface area contributed by atoms with E-state index in [1.54, 1.807) is 0 Å². The highest BCUT2D eigenvalue weighted by atomic mass is 14.5. The van der Waals surface area contributed by atoms with Gasteiger partial charge in [0, 0.05) is 45.2 Å². The lowest BCUT2D eigenvalue weighted by molar-refractivity contribution is 0.536. The molecular weight excluding hydrogens is 206 g/mol. The molecule has 0 bridgehead atoms. The zero-order valence-corrected chi connectivity index (χ0v) is 8.58. The van der Waals surface area contributed by atoms with Crippen molar-refractivity contribution in [2.75, 3.05) is 6.50 Å². The molecular formula is C16H35N. The van der Waals surface area contributed by atoms with Crippen molar-refractivity contribution in [3.8, 4) is 0 Å². The van der Waals surface area contributed by atoms with Crippen molar-refractivity contribution in [2.45, 2.75) is 96.1 Å². The van der Waals surface area contributed by atoms with Gasteiger partial charge < -0.3 is 5.73 Å². The summed E-state index contributed by atoms with van der Waals surface area (Å²) in [4.78, 5) is 0. The second-order valence-electron chi connectivity index (χ2n) is 1.89. The van der Waals surface area contributed by atoms with Gasteiger partial charge in [-0.05, 0) is 12.9 Å². The van der Waals surface area contributed by atoms with Crippen LogP contribution in [0.5, 0.6) is 0 Å². The van der Waals surface area contributed by atoms with E-state index >= 15 is 0 Å². The SMILES string of the molecule is [2H]C([2H])([2H])C([2H])([2H])C([2H])([2H])C([2H])([2H])C([2H])([2H])C([2H])([2H])C([2H])([2H])C([2H])([2H])C([2H])([2H])C([2H])([2H])C([2H])([2H])C([2H])([2H])C([2H])([2H])C([2H])([2H])C([2H])([2H])C([2H])([2H])N. The van der Waals surface area contributed by atoms with Gasteiger partial charge in [-0.25, -0.2) is 0 Å². The zero-order valence-electron chi connectivity index (χ0n) is 41.6. The van der Waals surface area contributed by atoms with Gasteiger partial charge in [0.15, 0.2) is 0 Å². The number of hydrogen-bond donors (Lipinski definition) is 1. The first-order valence-electron chi connectivity index (χ1n) is 20.5. The maximum atomic E-state index is 8.16. The van der Waals surface area contributed by atoms with Gasteiger partial charge in [-0.1, -0.05) is 89.7 Å². The average molecular weight is 275 g/mol. The lowest BCUT2D eigenvalue weighted by atomic mass is 10.0. The zero-order chi connectivity index (χ0) is 42.0. The third-order valence-corrected chi connectivity index (χ3v) is 0.885. The minimum Gasteiger partial charge on any atom is -0.330 e. The topological polar surface area (TPSA) is 26.0 Å². The van der Waals surface area contributed by atoms with Gasteiger partial charge in [0.2, 0.25) is 0 Å². The van der Waals surface area contributed by atoms with Gasteiger partial charge in [-0.2, -0.15) is 0 Å². The molecule has 2 N–H and O–H groups in total. The van der Waals surface area contributed by atoms with Crippen molar-refractivity contribution >= 4 is 0 Å². The van der Waals surface area contributed by atoms with E-state index < -0.39 is 103 Å². The Balaban J connectivity index is 7.70. The Hall–Kier alpha value is -0.0400. The Morgan fingerprint density at radius 1 is 0.647 bits per heavy atom. The van der Waals surface area contributed by atoms with E-state index in [1.807, 2.05) is 0 Å². The molecule has 0 aliphatic rings. The molecule has 0 heterocycles. The second kappa shape index (κ2) is 16.0. The number of rotatable bonds is 14. The molecule has 0 fully saturated rings. The highest BCUT2D eigenvalue weighted by Gasteiger charge is 1.93. The summed E-state index contributed by atoms with van der Waals surface area (Å²) in [6, 6.07) is 0. The van der Waals surface area contributed by atoms with Gasteiger partial charge in [0.1, 0.15) is 0 Å². The van der Waals surface area contributed by atoms with Gasteiger partial charge in [-0.15, -0.1) is 0 Å². The van der Waals surface area contributed by atoms with Crippen LogP contribution in [0.25, 0.3) is 0 Å². The van der Waals surface area contributed by atoms with E-state index in [9.17, 15) is 0 Å². The summed E-state index contributed by atoms with van der Waals surface area (Å²) in [7, 11) is 0. The third-order valence-electron chi connectivity index (χ3n) is 0.885. The highest BCUT2D eigenvalue weighted by molar-refractivity contribution is 4.49. The molecule has 0 aromatic rings. The average Bonchev–Trinajstić information content (AvgIpc) is 2.85. The first kappa shape index (κ1) is 1.80. The van der Waals surface area contributed by atoms with Crippen molar-refractivity contribution in [3.63, 3.8) is 0 Å². The van der Waals surface area contributed by atoms with Crippen molar-refractivity contribution in [1.29, 1.82) is 0 Å². The summed E-state index contributed by atoms with van der Waals surface area (Å²) in [6.45, 7) is -7.96. The normalized spacial score (nSPS) is 53.1. The second-order valence-corrected chi connectivity index (χ2v) is 1.89. The summed E-state index contributed by atoms with van der Waals surface area (Å²) in [5.41, 5.74) is 4.93. The molecule has 0 aromatic heterocycles. The Kier molecular flexibility index (Phi) is 1.69. The molecule has 0 spiro atoms. The van der Waals surface area contributed by atoms with Crippen molar-refractivity contribution < 1.29 is 45.2 Å². The molecule has 0 rings (SSSR count). The fraction of sp³-hybridized carbons (Fsp3) is 1.00. The summed E-state index contributed by atoms with van der Waals surface area (Å²) in [5, 5.41) is 0. The first-order valence-corrected chi connectivity index (χ1v) is 4.04. The van der Waals surface area contributed by atoms with Crippen LogP contribution in [0.4, 0.5) is 0 Å². The summed E-state index contributed by atoms with van der Waals surface area (Å²) in [5.74, 6) is 0. The van der Waals surface area contributed by atoms with Crippen LogP contribution in [-0.4, -0.2) is 6.50 Å². The molecule has 0 aromatic carbocycles. The first-order chi connectivity index (χ1) is 20.8. The minimum absolute atomic E-state index is 3.86. The Morgan fingerprint density at radius 3 is 1.35 bits per heavy atom. The predicted molar refractivity (Wildman–Crippen MR) is 79.4 cm³/mol. The predicted octanol–water partition coefficient (Wildman–Crippen LogP) is 5.43. The molecule has 1 heteroatoms. The molecule has 104 valence electrons. The van der Waals surface area contributed by atoms with Gasteiger partial charge >= 0.3 is 0 Å². The summed E-state index contributed by atoms with van der Waals surface area (Å²) in [6.07, 6.45) is -68.0. The van der Waals surface area contributed by atoms with Crippen LogP contribution in [0, 0.1) is 0 Å². The maximum Gasteiger partial charge on any atom is 0.0425 e. The molecule has 0 amide bonds. The fourth-order valence-corrected chi connectivity index (χ4v) is 0.411. The Labute approximate surface area is 156 Å². The van der Waals surface area contributed by atoms with Crippen LogP contribution in [0.3, 0.4) is 0 Å². The molecule has 0 unspecified atom stereocenters. The van der Waals surface area contributed by atoms with E-state index in [0.717, 1.165) is 0 Å². The lowest BCUT2D eigenvalue weighted by Gasteiger charge is -2.02. The molecule has 0 aliphatic carbocycles. The molecule has 0 atom stereocenters. The van der Waals surface area contributed by atoms with E-state index in [-0.39, 0.29) is 0 Å². The van der Waals surface area contributed by atoms with Crippen molar-refractivity contribution in [2.24, 2.45) is 5.73 Å². The number of nitrogens with two attached hydrogens (primary N) is 1. The quantitative estimate of drug-likeness (QED) is 0.449. The smallest absolute Gasteiger partial charge is 0.0425 e. The molecule has 0 aliphatic heterocycles. The van der Waals surface area contributed by atoms with E-state index in [1.165, 1.54) is 0 Å². The Bertz CT molecular complexity index is 1150. The van der Waals surface area contributed by atoms with Crippen LogP contribution in [0.15, 0.2) is 0 Å². The maximum absolute atomic E-state index is 8.16. The van der Waals surface area contributed by atoms with Crippen LogP contribution >= 0.6 is 0 Å². The van der Waals surface area contributed by atoms with Crippen LogP contribution < -0.4 is 5.73 Å². The van der Waals surface area contributed by atoms with E-state index in [0.29, 0.717) is 0 Å². The van der Waals surface area contributed by atoms with Crippen LogP contribution in [0.2, 0.25) is 0 Å². The Morgan fingerprint density at radius 2 is 1.00 bits per heavy atom. The summed E-state index contributed by atoms with van der Waals surface area (Å²) >= 11 is 0. The molecule has 0 saturated heterocycles. The standard InChI is InChI=1S/C16H35N/c1-2-3-4-5-6-7-8-9-10-11-12-13-14-15-16-17/h2-17H2,1H3/i1D3,2D2,3D2,4D2,5D2,6D2,7D2,8D2,9D2,10D2,11D2,12D2,13D2,14D2,15D2,16D2. The van der Waals surface area contributed by atoms with E-state index in [2.05, 4.69) is 0 Å².